The minimum Gasteiger partial charge on any atom is -0.385 e. The fourth-order valence-electron chi connectivity index (χ4n) is 2.36. The Kier molecular flexibility index (Phi) is 4.61. The van der Waals surface area contributed by atoms with Crippen LogP contribution in [-0.2, 0) is 5.60 Å². The summed E-state index contributed by atoms with van der Waals surface area (Å²) in [5, 5.41) is 10.2. The van der Waals surface area contributed by atoms with Gasteiger partial charge in [-0.1, -0.05) is 6.07 Å². The van der Waals surface area contributed by atoms with Crippen LogP contribution in [0.2, 0.25) is 0 Å². The predicted molar refractivity (Wildman–Crippen MR) is 65.4 cm³/mol. The lowest BCUT2D eigenvalue weighted by atomic mass is 9.86. The molecule has 0 saturated heterocycles. The van der Waals surface area contributed by atoms with Crippen LogP contribution in [0.15, 0.2) is 12.1 Å². The van der Waals surface area contributed by atoms with Crippen LogP contribution in [0.25, 0.3) is 0 Å². The highest BCUT2D eigenvalue weighted by Crippen LogP contribution is 2.33. The second kappa shape index (κ2) is 5.49. The molecule has 0 radical (unpaired) electrons. The van der Waals surface area contributed by atoms with Crippen LogP contribution in [0.4, 0.5) is 17.6 Å². The highest BCUT2D eigenvalue weighted by atomic mass is 19.4. The van der Waals surface area contributed by atoms with E-state index in [0.717, 1.165) is 0 Å². The third-order valence-corrected chi connectivity index (χ3v) is 3.09. The minimum atomic E-state index is -4.25. The van der Waals surface area contributed by atoms with Crippen LogP contribution in [-0.4, -0.2) is 11.3 Å². The number of aryl methyl sites for hydroxylation is 2. The molecule has 0 aliphatic heterocycles. The van der Waals surface area contributed by atoms with Crippen molar-refractivity contribution in [2.45, 2.75) is 51.8 Å². The number of benzene rings is 1. The van der Waals surface area contributed by atoms with Gasteiger partial charge in [0.05, 0.1) is 5.60 Å². The van der Waals surface area contributed by atoms with E-state index in [1.54, 1.807) is 19.9 Å². The molecule has 0 bridgehead atoms. The first-order chi connectivity index (χ1) is 8.53. The molecule has 0 aromatic heterocycles. The Bertz CT molecular complexity index is 426. The van der Waals surface area contributed by atoms with Crippen molar-refractivity contribution < 1.29 is 22.7 Å². The van der Waals surface area contributed by atoms with Gasteiger partial charge in [-0.2, -0.15) is 13.2 Å². The molecule has 1 nitrogen and oxygen atoms in total. The summed E-state index contributed by atoms with van der Waals surface area (Å²) in [6.45, 7) is 4.71. The van der Waals surface area contributed by atoms with Gasteiger partial charge in [0, 0.05) is 12.0 Å². The Balaban J connectivity index is 2.88. The molecule has 0 heterocycles. The van der Waals surface area contributed by atoms with E-state index >= 15 is 0 Å². The molecule has 1 N–H and O–H groups in total. The summed E-state index contributed by atoms with van der Waals surface area (Å²) in [6.07, 6.45) is -5.59. The third kappa shape index (κ3) is 4.49. The molecule has 0 aliphatic rings. The van der Waals surface area contributed by atoms with Crippen LogP contribution in [0.1, 0.15) is 42.9 Å². The molecule has 1 aromatic rings. The second-order valence-corrected chi connectivity index (χ2v) is 5.18. The zero-order chi connectivity index (χ0) is 14.8. The van der Waals surface area contributed by atoms with E-state index in [4.69, 9.17) is 0 Å². The molecule has 0 amide bonds. The zero-order valence-electron chi connectivity index (χ0n) is 11.2. The number of hydrogen-bond donors (Lipinski definition) is 1. The van der Waals surface area contributed by atoms with E-state index in [0.29, 0.717) is 11.1 Å². The molecule has 0 spiro atoms. The van der Waals surface area contributed by atoms with Crippen molar-refractivity contribution in [1.29, 1.82) is 0 Å². The third-order valence-electron chi connectivity index (χ3n) is 3.09. The smallest absolute Gasteiger partial charge is 0.385 e. The number of aliphatic hydroxyl groups is 1. The van der Waals surface area contributed by atoms with E-state index in [-0.39, 0.29) is 18.4 Å². The average molecular weight is 278 g/mol. The maximum atomic E-state index is 13.9. The van der Waals surface area contributed by atoms with E-state index in [1.807, 2.05) is 0 Å². The van der Waals surface area contributed by atoms with E-state index in [2.05, 4.69) is 0 Å². The van der Waals surface area contributed by atoms with Crippen molar-refractivity contribution in [3.8, 4) is 0 Å². The average Bonchev–Trinajstić information content (AvgIpc) is 2.11. The summed E-state index contributed by atoms with van der Waals surface area (Å²) >= 11 is 0. The van der Waals surface area contributed by atoms with Gasteiger partial charge < -0.3 is 5.11 Å². The normalized spacial score (nSPS) is 15.4. The number of alkyl halides is 3. The highest BCUT2D eigenvalue weighted by Gasteiger charge is 2.32. The van der Waals surface area contributed by atoms with Crippen molar-refractivity contribution in [2.24, 2.45) is 0 Å². The van der Waals surface area contributed by atoms with Crippen molar-refractivity contribution >= 4 is 0 Å². The van der Waals surface area contributed by atoms with Gasteiger partial charge in [0.15, 0.2) is 0 Å². The first-order valence-electron chi connectivity index (χ1n) is 6.09. The SMILES string of the molecule is Cc1cc(C)c(C(C)(O)CCCC(F)(F)F)c(F)c1. The van der Waals surface area contributed by atoms with Gasteiger partial charge in [0.1, 0.15) is 5.82 Å². The molecule has 19 heavy (non-hydrogen) atoms. The predicted octanol–water partition coefficient (Wildman–Crippen LogP) is 4.38. The maximum absolute atomic E-state index is 13.9. The van der Waals surface area contributed by atoms with Crippen LogP contribution < -0.4 is 0 Å². The summed E-state index contributed by atoms with van der Waals surface area (Å²) in [4.78, 5) is 0. The van der Waals surface area contributed by atoms with E-state index < -0.39 is 24.0 Å². The number of halogens is 4. The van der Waals surface area contributed by atoms with Crippen molar-refractivity contribution in [3.63, 3.8) is 0 Å². The van der Waals surface area contributed by atoms with E-state index in [9.17, 15) is 22.7 Å². The van der Waals surface area contributed by atoms with Gasteiger partial charge >= 0.3 is 6.18 Å². The van der Waals surface area contributed by atoms with Crippen LogP contribution in [0.5, 0.6) is 0 Å². The number of hydrogen-bond acceptors (Lipinski definition) is 1. The fraction of sp³-hybridized carbons (Fsp3) is 0.571. The molecule has 1 atom stereocenters. The zero-order valence-corrected chi connectivity index (χ0v) is 11.2. The Morgan fingerprint density at radius 3 is 2.16 bits per heavy atom. The van der Waals surface area contributed by atoms with E-state index in [1.165, 1.54) is 13.0 Å². The van der Waals surface area contributed by atoms with Gasteiger partial charge in [0.2, 0.25) is 0 Å². The summed E-state index contributed by atoms with van der Waals surface area (Å²) in [5.41, 5.74) is -0.243. The van der Waals surface area contributed by atoms with Gasteiger partial charge in [-0.3, -0.25) is 0 Å². The summed E-state index contributed by atoms with van der Waals surface area (Å²) in [5.74, 6) is -0.575. The fourth-order valence-corrected chi connectivity index (χ4v) is 2.36. The van der Waals surface area contributed by atoms with Crippen molar-refractivity contribution in [1.82, 2.24) is 0 Å². The first-order valence-corrected chi connectivity index (χ1v) is 6.09. The summed E-state index contributed by atoms with van der Waals surface area (Å²) in [6, 6.07) is 2.98. The molecule has 1 rings (SSSR count). The Morgan fingerprint density at radius 1 is 1.11 bits per heavy atom. The molecule has 1 aromatic carbocycles. The Labute approximate surface area is 110 Å². The molecular weight excluding hydrogens is 260 g/mol. The van der Waals surface area contributed by atoms with Crippen LogP contribution in [0, 0.1) is 19.7 Å². The highest BCUT2D eigenvalue weighted by molar-refractivity contribution is 5.35. The van der Waals surface area contributed by atoms with Crippen molar-refractivity contribution in [2.75, 3.05) is 0 Å². The molecule has 0 fully saturated rings. The molecule has 5 heteroatoms. The molecular formula is C14H18F4O. The molecule has 0 aliphatic carbocycles. The Morgan fingerprint density at radius 2 is 1.68 bits per heavy atom. The van der Waals surface area contributed by atoms with Gasteiger partial charge in [-0.15, -0.1) is 0 Å². The topological polar surface area (TPSA) is 20.2 Å². The van der Waals surface area contributed by atoms with Gasteiger partial charge in [-0.05, 0) is 50.8 Å². The monoisotopic (exact) mass is 278 g/mol. The lowest BCUT2D eigenvalue weighted by Gasteiger charge is -2.26. The molecule has 1 unspecified atom stereocenters. The maximum Gasteiger partial charge on any atom is 0.389 e. The van der Waals surface area contributed by atoms with Crippen molar-refractivity contribution in [3.05, 3.63) is 34.6 Å². The first kappa shape index (κ1) is 16.0. The molecule has 0 saturated carbocycles. The largest absolute Gasteiger partial charge is 0.389 e. The minimum absolute atomic E-state index is 0.0836. The van der Waals surface area contributed by atoms with Crippen LogP contribution >= 0.6 is 0 Å². The van der Waals surface area contributed by atoms with Gasteiger partial charge in [0.25, 0.3) is 0 Å². The standard InChI is InChI=1S/C14H18F4O/c1-9-7-10(2)12(11(15)8-9)13(3,19)5-4-6-14(16,17)18/h7-8,19H,4-6H2,1-3H3. The second-order valence-electron chi connectivity index (χ2n) is 5.18. The summed E-state index contributed by atoms with van der Waals surface area (Å²) in [7, 11) is 0. The molecule has 108 valence electrons. The summed E-state index contributed by atoms with van der Waals surface area (Å²) < 4.78 is 50.2. The quantitative estimate of drug-likeness (QED) is 0.810. The lowest BCUT2D eigenvalue weighted by Crippen LogP contribution is -2.25. The van der Waals surface area contributed by atoms with Crippen LogP contribution in [0.3, 0.4) is 0 Å². The lowest BCUT2D eigenvalue weighted by molar-refractivity contribution is -0.137. The Hall–Kier alpha value is -1.10. The van der Waals surface area contributed by atoms with Gasteiger partial charge in [-0.25, -0.2) is 4.39 Å². The number of rotatable bonds is 4.